The van der Waals surface area contributed by atoms with Gasteiger partial charge in [-0.05, 0) is 62.2 Å². The minimum Gasteiger partial charge on any atom is -0.493 e. The van der Waals surface area contributed by atoms with E-state index in [1.54, 1.807) is 13.0 Å². The van der Waals surface area contributed by atoms with Crippen molar-refractivity contribution in [1.29, 1.82) is 0 Å². The van der Waals surface area contributed by atoms with E-state index in [0.717, 1.165) is 5.56 Å². The lowest BCUT2D eigenvalue weighted by Gasteiger charge is -2.13. The maximum Gasteiger partial charge on any atom is 0.262 e. The van der Waals surface area contributed by atoms with Gasteiger partial charge in [-0.1, -0.05) is 13.0 Å². The summed E-state index contributed by atoms with van der Waals surface area (Å²) in [4.78, 5) is 12.3. The van der Waals surface area contributed by atoms with Crippen molar-refractivity contribution < 1.29 is 22.7 Å². The molecular weight excluding hydrogens is 380 g/mol. The van der Waals surface area contributed by atoms with E-state index in [1.807, 2.05) is 26.0 Å². The van der Waals surface area contributed by atoms with E-state index in [-0.39, 0.29) is 23.5 Å². The van der Waals surface area contributed by atoms with Gasteiger partial charge in [-0.3, -0.25) is 4.79 Å². The molecule has 0 radical (unpaired) electrons. The Balaban J connectivity index is 1.96. The summed E-state index contributed by atoms with van der Waals surface area (Å²) in [5.41, 5.74) is 1.50. The number of benzene rings is 2. The Morgan fingerprint density at radius 3 is 2.39 bits per heavy atom. The van der Waals surface area contributed by atoms with Gasteiger partial charge in [-0.2, -0.15) is 0 Å². The molecule has 0 aliphatic carbocycles. The number of nitrogens with one attached hydrogen (secondary N) is 2. The zero-order valence-corrected chi connectivity index (χ0v) is 17.3. The van der Waals surface area contributed by atoms with E-state index in [2.05, 4.69) is 10.0 Å². The fourth-order valence-electron chi connectivity index (χ4n) is 2.37. The Labute approximate surface area is 166 Å². The highest BCUT2D eigenvalue weighted by Gasteiger charge is 2.16. The lowest BCUT2D eigenvalue weighted by molar-refractivity contribution is -0.118. The summed E-state index contributed by atoms with van der Waals surface area (Å²) < 4.78 is 37.8. The van der Waals surface area contributed by atoms with Crippen molar-refractivity contribution in [2.45, 2.75) is 38.1 Å². The van der Waals surface area contributed by atoms with E-state index in [4.69, 9.17) is 9.47 Å². The third-order valence-electron chi connectivity index (χ3n) is 4.09. The normalized spacial score (nSPS) is 12.3. The number of hydrogen-bond acceptors (Lipinski definition) is 5. The molecule has 2 rings (SSSR count). The Kier molecular flexibility index (Phi) is 7.42. The van der Waals surface area contributed by atoms with Gasteiger partial charge in [0.2, 0.25) is 10.0 Å². The number of carbonyl (C=O) groups excluding carboxylic acids is 1. The molecular formula is C20H26N2O5S. The molecule has 2 aromatic carbocycles. The number of carbonyl (C=O) groups is 1. The van der Waals surface area contributed by atoms with Crippen molar-refractivity contribution in [3.8, 4) is 11.5 Å². The smallest absolute Gasteiger partial charge is 0.262 e. The van der Waals surface area contributed by atoms with Crippen LogP contribution in [-0.4, -0.2) is 34.1 Å². The van der Waals surface area contributed by atoms with Crippen LogP contribution in [0.1, 0.15) is 25.8 Å². The minimum atomic E-state index is -3.58. The van der Waals surface area contributed by atoms with Crippen molar-refractivity contribution in [3.63, 3.8) is 0 Å². The van der Waals surface area contributed by atoms with Crippen LogP contribution in [0.3, 0.4) is 0 Å². The van der Waals surface area contributed by atoms with Crippen LogP contribution in [0.25, 0.3) is 0 Å². The van der Waals surface area contributed by atoms with Crippen LogP contribution in [-0.2, 0) is 14.8 Å². The molecule has 28 heavy (non-hydrogen) atoms. The maximum atomic E-state index is 12.2. The van der Waals surface area contributed by atoms with Gasteiger partial charge < -0.3 is 14.8 Å². The largest absolute Gasteiger partial charge is 0.493 e. The van der Waals surface area contributed by atoms with E-state index < -0.39 is 10.0 Å². The molecule has 0 saturated carbocycles. The van der Waals surface area contributed by atoms with E-state index >= 15 is 0 Å². The van der Waals surface area contributed by atoms with Crippen molar-refractivity contribution in [2.24, 2.45) is 0 Å². The van der Waals surface area contributed by atoms with Crippen molar-refractivity contribution in [2.75, 3.05) is 19.0 Å². The third kappa shape index (κ3) is 5.97. The van der Waals surface area contributed by atoms with Crippen molar-refractivity contribution in [3.05, 3.63) is 48.0 Å². The maximum absolute atomic E-state index is 12.2. The summed E-state index contributed by atoms with van der Waals surface area (Å²) in [5.74, 6) is 0.660. The molecule has 1 atom stereocenters. The van der Waals surface area contributed by atoms with E-state index in [1.165, 1.54) is 31.4 Å². The Hall–Kier alpha value is -2.58. The lowest BCUT2D eigenvalue weighted by atomic mass is 10.2. The molecule has 0 heterocycles. The quantitative estimate of drug-likeness (QED) is 0.667. The molecule has 1 amide bonds. The second-order valence-electron chi connectivity index (χ2n) is 6.45. The topological polar surface area (TPSA) is 93.7 Å². The summed E-state index contributed by atoms with van der Waals surface area (Å²) in [6.45, 7) is 5.44. The predicted octanol–water partition coefficient (Wildman–Crippen LogP) is 3.10. The molecule has 2 N–H and O–H groups in total. The van der Waals surface area contributed by atoms with Gasteiger partial charge in [0, 0.05) is 11.7 Å². The van der Waals surface area contributed by atoms with Gasteiger partial charge in [-0.15, -0.1) is 0 Å². The minimum absolute atomic E-state index is 0.145. The third-order valence-corrected chi connectivity index (χ3v) is 5.70. The summed E-state index contributed by atoms with van der Waals surface area (Å²) >= 11 is 0. The lowest BCUT2D eigenvalue weighted by Crippen LogP contribution is -2.32. The second kappa shape index (κ2) is 9.57. The average molecular weight is 407 g/mol. The highest BCUT2D eigenvalue weighted by Crippen LogP contribution is 2.27. The number of rotatable bonds is 9. The fourth-order valence-corrected chi connectivity index (χ4v) is 3.69. The average Bonchev–Trinajstić information content (AvgIpc) is 2.66. The molecule has 8 heteroatoms. The molecule has 0 saturated heterocycles. The zero-order valence-electron chi connectivity index (χ0n) is 16.5. The standard InChI is InChI=1S/C20H26N2O5S/c1-5-15(3)22-28(24,25)17-9-7-16(8-10-17)21-20(23)13-27-18-11-6-14(2)12-19(18)26-4/h6-12,15,22H,5,13H2,1-4H3,(H,21,23). The number of anilines is 1. The summed E-state index contributed by atoms with van der Waals surface area (Å²) in [6, 6.07) is 11.2. The summed E-state index contributed by atoms with van der Waals surface area (Å²) in [7, 11) is -2.04. The number of aryl methyl sites for hydroxylation is 1. The predicted molar refractivity (Wildman–Crippen MR) is 108 cm³/mol. The first-order valence-corrected chi connectivity index (χ1v) is 10.4. The number of methoxy groups -OCH3 is 1. The Morgan fingerprint density at radius 2 is 1.79 bits per heavy atom. The first kappa shape index (κ1) is 21.7. The molecule has 0 spiro atoms. The van der Waals surface area contributed by atoms with Crippen molar-refractivity contribution in [1.82, 2.24) is 4.72 Å². The highest BCUT2D eigenvalue weighted by atomic mass is 32.2. The molecule has 0 bridgehead atoms. The van der Waals surface area contributed by atoms with Crippen LogP contribution in [0.5, 0.6) is 11.5 Å². The monoisotopic (exact) mass is 406 g/mol. The number of hydrogen-bond donors (Lipinski definition) is 2. The summed E-state index contributed by atoms with van der Waals surface area (Å²) in [6.07, 6.45) is 0.694. The van der Waals surface area contributed by atoms with Gasteiger partial charge in [-0.25, -0.2) is 13.1 Å². The summed E-state index contributed by atoms with van der Waals surface area (Å²) in [5, 5.41) is 2.67. The van der Waals surface area contributed by atoms with Crippen LogP contribution < -0.4 is 19.5 Å². The van der Waals surface area contributed by atoms with Crippen molar-refractivity contribution >= 4 is 21.6 Å². The molecule has 1 unspecified atom stereocenters. The zero-order chi connectivity index (χ0) is 20.7. The molecule has 0 fully saturated rings. The van der Waals surface area contributed by atoms with Crippen LogP contribution in [0.15, 0.2) is 47.4 Å². The molecule has 7 nitrogen and oxygen atoms in total. The van der Waals surface area contributed by atoms with Gasteiger partial charge >= 0.3 is 0 Å². The number of ether oxygens (including phenoxy) is 2. The van der Waals surface area contributed by atoms with E-state index in [9.17, 15) is 13.2 Å². The van der Waals surface area contributed by atoms with Crippen LogP contribution in [0.2, 0.25) is 0 Å². The first-order chi connectivity index (χ1) is 13.2. The highest BCUT2D eigenvalue weighted by molar-refractivity contribution is 7.89. The molecule has 152 valence electrons. The van der Waals surface area contributed by atoms with Crippen LogP contribution >= 0.6 is 0 Å². The SMILES string of the molecule is CCC(C)NS(=O)(=O)c1ccc(NC(=O)COc2ccc(C)cc2OC)cc1. The Bertz CT molecular complexity index is 911. The van der Waals surface area contributed by atoms with Crippen LogP contribution in [0.4, 0.5) is 5.69 Å². The van der Waals surface area contributed by atoms with Gasteiger partial charge in [0.15, 0.2) is 18.1 Å². The molecule has 0 aromatic heterocycles. The van der Waals surface area contributed by atoms with Gasteiger partial charge in [0.1, 0.15) is 0 Å². The van der Waals surface area contributed by atoms with E-state index in [0.29, 0.717) is 23.6 Å². The molecule has 0 aliphatic rings. The van der Waals surface area contributed by atoms with Gasteiger partial charge in [0.25, 0.3) is 5.91 Å². The number of amides is 1. The fraction of sp³-hybridized carbons (Fsp3) is 0.350. The molecule has 2 aromatic rings. The molecule has 0 aliphatic heterocycles. The first-order valence-electron chi connectivity index (χ1n) is 8.95. The van der Waals surface area contributed by atoms with Gasteiger partial charge in [0.05, 0.1) is 12.0 Å². The Morgan fingerprint density at radius 1 is 1.11 bits per heavy atom. The number of sulfonamides is 1. The van der Waals surface area contributed by atoms with Crippen LogP contribution in [0, 0.1) is 6.92 Å². The second-order valence-corrected chi connectivity index (χ2v) is 8.16.